The summed E-state index contributed by atoms with van der Waals surface area (Å²) in [7, 11) is 4.65. The monoisotopic (exact) mass is 541 g/mol. The smallest absolute Gasteiger partial charge is 0.435 e. The van der Waals surface area contributed by atoms with E-state index in [-0.39, 0.29) is 47.3 Å². The van der Waals surface area contributed by atoms with Gasteiger partial charge in [-0.2, -0.15) is 18.3 Å². The summed E-state index contributed by atoms with van der Waals surface area (Å²) in [6.45, 7) is 1.04. The average Bonchev–Trinajstić information content (AvgIpc) is 3.28. The van der Waals surface area contributed by atoms with Crippen molar-refractivity contribution in [1.29, 1.82) is 0 Å². The number of alkyl halides is 3. The normalized spacial score (nSPS) is 15.1. The number of carbonyl (C=O) groups excluding carboxylic acids is 3. The average molecular weight is 542 g/mol. The van der Waals surface area contributed by atoms with Crippen molar-refractivity contribution in [2.45, 2.75) is 19.0 Å². The Morgan fingerprint density at radius 2 is 1.72 bits per heavy atom. The summed E-state index contributed by atoms with van der Waals surface area (Å²) in [5.41, 5.74) is -0.660. The van der Waals surface area contributed by atoms with Crippen LogP contribution in [0.5, 0.6) is 5.75 Å². The zero-order valence-corrected chi connectivity index (χ0v) is 21.6. The zero-order valence-electron chi connectivity index (χ0n) is 21.6. The number of benzene rings is 2. The van der Waals surface area contributed by atoms with E-state index in [1.165, 1.54) is 35.1 Å². The number of carbonyl (C=O) groups is 3. The number of amides is 3. The summed E-state index contributed by atoms with van der Waals surface area (Å²) in [6, 6.07) is 10.7. The molecule has 0 N–H and O–H groups in total. The van der Waals surface area contributed by atoms with Crippen LogP contribution < -0.4 is 9.64 Å². The fourth-order valence-corrected chi connectivity index (χ4v) is 4.74. The van der Waals surface area contributed by atoms with Crippen molar-refractivity contribution in [3.05, 3.63) is 70.5 Å². The number of nitrogens with zero attached hydrogens (tertiary/aromatic N) is 5. The molecule has 2 aliphatic heterocycles. The number of aromatic nitrogens is 2. The Labute approximate surface area is 222 Å². The van der Waals surface area contributed by atoms with Crippen LogP contribution in [-0.2, 0) is 12.6 Å². The molecule has 0 unspecified atom stereocenters. The van der Waals surface area contributed by atoms with Gasteiger partial charge in [-0.25, -0.2) is 4.68 Å². The van der Waals surface area contributed by atoms with Crippen LogP contribution in [0.15, 0.2) is 42.5 Å². The highest BCUT2D eigenvalue weighted by Crippen LogP contribution is 2.38. The van der Waals surface area contributed by atoms with Gasteiger partial charge in [0, 0.05) is 50.5 Å². The molecule has 0 spiro atoms. The van der Waals surface area contributed by atoms with Crippen molar-refractivity contribution in [3.8, 4) is 11.4 Å². The summed E-state index contributed by atoms with van der Waals surface area (Å²) < 4.78 is 48.4. The van der Waals surface area contributed by atoms with E-state index < -0.39 is 17.8 Å². The van der Waals surface area contributed by atoms with Crippen molar-refractivity contribution in [3.63, 3.8) is 0 Å². The number of hydrogen-bond acceptors (Lipinski definition) is 5. The molecule has 0 radical (unpaired) electrons. The van der Waals surface area contributed by atoms with E-state index in [1.807, 2.05) is 0 Å². The Bertz CT molecular complexity index is 1460. The maximum atomic E-state index is 14.1. The van der Waals surface area contributed by atoms with Gasteiger partial charge in [0.2, 0.25) is 0 Å². The van der Waals surface area contributed by atoms with E-state index in [4.69, 9.17) is 4.74 Å². The summed E-state index contributed by atoms with van der Waals surface area (Å²) in [4.78, 5) is 43.6. The Morgan fingerprint density at radius 1 is 1.03 bits per heavy atom. The Kier molecular flexibility index (Phi) is 6.57. The molecule has 9 nitrogen and oxygen atoms in total. The highest BCUT2D eigenvalue weighted by Gasteiger charge is 2.44. The second-order valence-corrected chi connectivity index (χ2v) is 9.57. The van der Waals surface area contributed by atoms with Gasteiger partial charge >= 0.3 is 6.18 Å². The maximum absolute atomic E-state index is 14.1. The van der Waals surface area contributed by atoms with Gasteiger partial charge in [-0.3, -0.25) is 14.4 Å². The number of rotatable bonds is 5. The lowest BCUT2D eigenvalue weighted by molar-refractivity contribution is -0.141. The predicted molar refractivity (Wildman–Crippen MR) is 135 cm³/mol. The predicted octanol–water partition coefficient (Wildman–Crippen LogP) is 3.65. The third-order valence-corrected chi connectivity index (χ3v) is 6.92. The fraction of sp³-hybridized carbons (Fsp3) is 0.333. The van der Waals surface area contributed by atoms with Crippen LogP contribution in [0.4, 0.5) is 18.9 Å². The summed E-state index contributed by atoms with van der Waals surface area (Å²) in [5.74, 6) is -0.945. The zero-order chi connectivity index (χ0) is 28.1. The molecule has 12 heteroatoms. The lowest BCUT2D eigenvalue weighted by atomic mass is 10.0. The molecule has 0 saturated carbocycles. The molecule has 3 amide bonds. The number of anilines is 1. The second-order valence-electron chi connectivity index (χ2n) is 9.57. The number of ether oxygens (including phenoxy) is 1. The standard InChI is InChI=1S/C27H26F3N5O4/c1-32(2)24(36)16-5-7-17(8-6-16)34-14-11-19-22(26(34)38)35(31-23(19)27(28,29)30)21-10-9-18(39-3)15-20(21)25(37)33-12-4-13-33/h5-10,15H,4,11-14H2,1-3H3. The number of hydrogen-bond donors (Lipinski definition) is 0. The van der Waals surface area contributed by atoms with E-state index in [1.54, 1.807) is 43.3 Å². The summed E-state index contributed by atoms with van der Waals surface area (Å²) in [6.07, 6.45) is -4.08. The maximum Gasteiger partial charge on any atom is 0.435 e. The second kappa shape index (κ2) is 9.75. The van der Waals surface area contributed by atoms with Crippen molar-refractivity contribution < 1.29 is 32.3 Å². The third-order valence-electron chi connectivity index (χ3n) is 6.92. The largest absolute Gasteiger partial charge is 0.497 e. The minimum atomic E-state index is -4.81. The minimum Gasteiger partial charge on any atom is -0.497 e. The highest BCUT2D eigenvalue weighted by molar-refractivity contribution is 6.08. The molecule has 0 aliphatic carbocycles. The SMILES string of the molecule is COc1ccc(-n2nc(C(F)(F)F)c3c2C(=O)N(c2ccc(C(=O)N(C)C)cc2)CC3)c(C(=O)N2CCC2)c1. The first-order chi connectivity index (χ1) is 18.5. The van der Waals surface area contributed by atoms with Crippen LogP contribution in [0.3, 0.4) is 0 Å². The lowest BCUT2D eigenvalue weighted by Gasteiger charge is -2.32. The molecule has 39 heavy (non-hydrogen) atoms. The molecule has 0 atom stereocenters. The molecule has 1 aromatic heterocycles. The summed E-state index contributed by atoms with van der Waals surface area (Å²) in [5, 5.41) is 3.85. The van der Waals surface area contributed by atoms with E-state index >= 15 is 0 Å². The van der Waals surface area contributed by atoms with Crippen molar-refractivity contribution in [1.82, 2.24) is 19.6 Å². The molecule has 0 bridgehead atoms. The molecule has 5 rings (SSSR count). The first kappa shape index (κ1) is 26.3. The van der Waals surface area contributed by atoms with Crippen LogP contribution in [0.1, 0.15) is 48.9 Å². The van der Waals surface area contributed by atoms with Crippen LogP contribution in [-0.4, -0.2) is 78.1 Å². The molecule has 3 aromatic rings. The number of methoxy groups -OCH3 is 1. The third kappa shape index (κ3) is 4.59. The lowest BCUT2D eigenvalue weighted by Crippen LogP contribution is -2.42. The van der Waals surface area contributed by atoms with E-state index in [9.17, 15) is 27.6 Å². The van der Waals surface area contributed by atoms with Gasteiger partial charge in [0.15, 0.2) is 5.69 Å². The van der Waals surface area contributed by atoms with Gasteiger partial charge in [0.1, 0.15) is 11.4 Å². The van der Waals surface area contributed by atoms with Gasteiger partial charge in [-0.1, -0.05) is 0 Å². The Hall–Kier alpha value is -4.35. The first-order valence-corrected chi connectivity index (χ1v) is 12.3. The molecule has 204 valence electrons. The molecule has 2 aliphatic rings. The van der Waals surface area contributed by atoms with Crippen LogP contribution >= 0.6 is 0 Å². The summed E-state index contributed by atoms with van der Waals surface area (Å²) >= 11 is 0. The van der Waals surface area contributed by atoms with Gasteiger partial charge < -0.3 is 19.4 Å². The van der Waals surface area contributed by atoms with E-state index in [0.717, 1.165) is 11.1 Å². The Balaban J connectivity index is 1.62. The molecular weight excluding hydrogens is 515 g/mol. The van der Waals surface area contributed by atoms with Gasteiger partial charge in [-0.05, 0) is 55.3 Å². The molecular formula is C27H26F3N5O4. The number of halogens is 3. The molecule has 1 saturated heterocycles. The molecule has 3 heterocycles. The molecule has 1 fully saturated rings. The van der Waals surface area contributed by atoms with E-state index in [0.29, 0.717) is 30.1 Å². The topological polar surface area (TPSA) is 88.0 Å². The van der Waals surface area contributed by atoms with Crippen molar-refractivity contribution >= 4 is 23.4 Å². The van der Waals surface area contributed by atoms with Crippen LogP contribution in [0, 0.1) is 0 Å². The van der Waals surface area contributed by atoms with Gasteiger partial charge in [-0.15, -0.1) is 0 Å². The molecule has 2 aromatic carbocycles. The van der Waals surface area contributed by atoms with E-state index in [2.05, 4.69) is 5.10 Å². The van der Waals surface area contributed by atoms with Crippen LogP contribution in [0.2, 0.25) is 0 Å². The first-order valence-electron chi connectivity index (χ1n) is 12.3. The number of fused-ring (bicyclic) bond motifs is 1. The fourth-order valence-electron chi connectivity index (χ4n) is 4.74. The quantitative estimate of drug-likeness (QED) is 0.492. The van der Waals surface area contributed by atoms with Crippen molar-refractivity contribution in [2.75, 3.05) is 45.7 Å². The van der Waals surface area contributed by atoms with Crippen LogP contribution in [0.25, 0.3) is 5.69 Å². The highest BCUT2D eigenvalue weighted by atomic mass is 19.4. The van der Waals surface area contributed by atoms with Crippen molar-refractivity contribution in [2.24, 2.45) is 0 Å². The van der Waals surface area contributed by atoms with Gasteiger partial charge in [0.05, 0.1) is 18.4 Å². The van der Waals surface area contributed by atoms with Gasteiger partial charge in [0.25, 0.3) is 17.7 Å². The minimum absolute atomic E-state index is 0.0102. The Morgan fingerprint density at radius 3 is 2.28 bits per heavy atom. The number of likely N-dealkylation sites (tertiary alicyclic amines) is 1.